The van der Waals surface area contributed by atoms with Gasteiger partial charge in [-0.3, -0.25) is 29.4 Å². The van der Waals surface area contributed by atoms with Gasteiger partial charge in [-0.1, -0.05) is 28.9 Å². The molecule has 52 heavy (non-hydrogen) atoms. The lowest BCUT2D eigenvalue weighted by molar-refractivity contribution is -0.136. The maximum absolute atomic E-state index is 13.3. The van der Waals surface area contributed by atoms with E-state index in [0.717, 1.165) is 88.9 Å². The lowest BCUT2D eigenvalue weighted by Gasteiger charge is -2.35. The van der Waals surface area contributed by atoms with Gasteiger partial charge in [0, 0.05) is 42.1 Å². The standard InChI is InChI=1S/C40H39ClN6O5/c1-22-4-9-27(37-23(2)45-52-24(37)3)16-35(22)46(30-12-10-28(19-42)33(41)18-30)21-26-7-5-25(6-8-26)20-43-29-11-13-31-32(17-29)40(51)47(39(31)50)34-14-15-36(48)44-38(34)49/h4,9-13,16-18,25-26,34,43H,5-8,14-15,20-21H2,1-3H3,(H,44,48,49). The van der Waals surface area contributed by atoms with Crippen LogP contribution in [0.25, 0.3) is 11.1 Å². The van der Waals surface area contributed by atoms with Gasteiger partial charge in [-0.05, 0) is 118 Å². The van der Waals surface area contributed by atoms with Crippen LogP contribution in [0.15, 0.2) is 59.1 Å². The highest BCUT2D eigenvalue weighted by molar-refractivity contribution is 6.32. The Hall–Kier alpha value is -5.47. The summed E-state index contributed by atoms with van der Waals surface area (Å²) in [6.07, 6.45) is 4.28. The maximum atomic E-state index is 13.3. The van der Waals surface area contributed by atoms with Crippen LogP contribution >= 0.6 is 11.6 Å². The molecule has 3 aromatic carbocycles. The molecule has 11 nitrogen and oxygen atoms in total. The summed E-state index contributed by atoms with van der Waals surface area (Å²) < 4.78 is 5.48. The van der Waals surface area contributed by atoms with Gasteiger partial charge >= 0.3 is 0 Å². The summed E-state index contributed by atoms with van der Waals surface area (Å²) in [7, 11) is 0. The third-order valence-corrected chi connectivity index (χ3v) is 11.0. The fourth-order valence-corrected chi connectivity index (χ4v) is 7.99. The van der Waals surface area contributed by atoms with Crippen LogP contribution in [0.3, 0.4) is 0 Å². The summed E-state index contributed by atoms with van der Waals surface area (Å²) in [5.74, 6) is -0.452. The number of aryl methyl sites for hydroxylation is 3. The van der Waals surface area contributed by atoms with Gasteiger partial charge in [0.15, 0.2) is 0 Å². The number of benzene rings is 3. The molecule has 3 aliphatic rings. The zero-order valence-electron chi connectivity index (χ0n) is 29.3. The summed E-state index contributed by atoms with van der Waals surface area (Å²) in [5.41, 5.74) is 7.65. The van der Waals surface area contributed by atoms with Crippen LogP contribution in [-0.2, 0) is 9.59 Å². The number of rotatable bonds is 9. The fourth-order valence-electron chi connectivity index (χ4n) is 7.78. The van der Waals surface area contributed by atoms with Crippen molar-refractivity contribution >= 4 is 52.3 Å². The third kappa shape index (κ3) is 6.66. The molecule has 12 heteroatoms. The topological polar surface area (TPSA) is 149 Å². The van der Waals surface area contributed by atoms with Crippen LogP contribution in [0.1, 0.15) is 81.8 Å². The molecule has 2 aliphatic heterocycles. The molecule has 1 aromatic heterocycles. The fraction of sp³-hybridized carbons (Fsp3) is 0.350. The number of nitriles is 1. The van der Waals surface area contributed by atoms with Crippen molar-refractivity contribution in [2.75, 3.05) is 23.3 Å². The average Bonchev–Trinajstić information content (AvgIpc) is 3.60. The number of anilines is 3. The Morgan fingerprint density at radius 1 is 0.942 bits per heavy atom. The van der Waals surface area contributed by atoms with E-state index < -0.39 is 29.7 Å². The first-order valence-electron chi connectivity index (χ1n) is 17.6. The molecule has 1 unspecified atom stereocenters. The van der Waals surface area contributed by atoms with Gasteiger partial charge in [0.05, 0.1) is 27.4 Å². The summed E-state index contributed by atoms with van der Waals surface area (Å²) >= 11 is 6.56. The minimum atomic E-state index is -0.989. The smallest absolute Gasteiger partial charge is 0.262 e. The van der Waals surface area contributed by atoms with E-state index in [-0.39, 0.29) is 24.0 Å². The minimum absolute atomic E-state index is 0.0803. The number of aromatic nitrogens is 1. The maximum Gasteiger partial charge on any atom is 0.262 e. The van der Waals surface area contributed by atoms with Crippen molar-refractivity contribution in [2.24, 2.45) is 11.8 Å². The number of carbonyl (C=O) groups excluding carboxylic acids is 4. The highest BCUT2D eigenvalue weighted by atomic mass is 35.5. The van der Waals surface area contributed by atoms with Crippen molar-refractivity contribution in [3.8, 4) is 17.2 Å². The normalized spacial score (nSPS) is 20.1. The predicted molar refractivity (Wildman–Crippen MR) is 196 cm³/mol. The summed E-state index contributed by atoms with van der Waals surface area (Å²) in [5, 5.41) is 19.8. The number of piperidine rings is 1. The number of hydrogen-bond donors (Lipinski definition) is 2. The first-order valence-corrected chi connectivity index (χ1v) is 18.0. The van der Waals surface area contributed by atoms with Gasteiger partial charge < -0.3 is 14.7 Å². The Morgan fingerprint density at radius 2 is 1.69 bits per heavy atom. The highest BCUT2D eigenvalue weighted by Gasteiger charge is 2.44. The van der Waals surface area contributed by atoms with Crippen LogP contribution < -0.4 is 15.5 Å². The SMILES string of the molecule is Cc1ccc(-c2c(C)noc2C)cc1N(CC1CCC(CNc2ccc3c(c2)C(=O)N(C2CCC(=O)NC2=O)C3=O)CC1)c1ccc(C#N)c(Cl)c1. The Labute approximate surface area is 306 Å². The number of amides is 4. The molecule has 0 spiro atoms. The molecule has 4 amide bonds. The zero-order chi connectivity index (χ0) is 36.7. The van der Waals surface area contributed by atoms with E-state index in [9.17, 15) is 24.4 Å². The lowest BCUT2D eigenvalue weighted by atomic mass is 9.81. The molecule has 3 heterocycles. The third-order valence-electron chi connectivity index (χ3n) is 10.6. The molecule has 7 rings (SSSR count). The molecular weight excluding hydrogens is 680 g/mol. The highest BCUT2D eigenvalue weighted by Crippen LogP contribution is 2.39. The second-order valence-electron chi connectivity index (χ2n) is 14.1. The molecular formula is C40H39ClN6O5. The van der Waals surface area contributed by atoms with E-state index in [4.69, 9.17) is 16.1 Å². The zero-order valence-corrected chi connectivity index (χ0v) is 30.0. The van der Waals surface area contributed by atoms with Gasteiger partial charge in [0.2, 0.25) is 11.8 Å². The molecule has 0 bridgehead atoms. The lowest BCUT2D eigenvalue weighted by Crippen LogP contribution is -2.54. The van der Waals surface area contributed by atoms with Gasteiger partial charge in [-0.15, -0.1) is 0 Å². The van der Waals surface area contributed by atoms with E-state index in [1.807, 2.05) is 26.0 Å². The largest absolute Gasteiger partial charge is 0.385 e. The molecule has 1 aliphatic carbocycles. The number of carbonyl (C=O) groups is 4. The summed E-state index contributed by atoms with van der Waals surface area (Å²) in [6, 6.07) is 18.3. The van der Waals surface area contributed by atoms with Crippen LogP contribution in [0.5, 0.6) is 0 Å². The van der Waals surface area contributed by atoms with Crippen molar-refractivity contribution in [3.05, 3.63) is 93.3 Å². The first kappa shape index (κ1) is 35.0. The van der Waals surface area contributed by atoms with Gasteiger partial charge in [-0.25, -0.2) is 0 Å². The molecule has 1 saturated carbocycles. The Balaban J connectivity index is 1.03. The van der Waals surface area contributed by atoms with Crippen LogP contribution in [0, 0.1) is 43.9 Å². The van der Waals surface area contributed by atoms with Crippen LogP contribution in [-0.4, -0.2) is 52.8 Å². The van der Waals surface area contributed by atoms with Gasteiger partial charge in [-0.2, -0.15) is 5.26 Å². The van der Waals surface area contributed by atoms with Crippen molar-refractivity contribution in [3.63, 3.8) is 0 Å². The van der Waals surface area contributed by atoms with Gasteiger partial charge in [0.1, 0.15) is 17.9 Å². The minimum Gasteiger partial charge on any atom is -0.385 e. The second-order valence-corrected chi connectivity index (χ2v) is 14.5. The number of fused-ring (bicyclic) bond motifs is 1. The number of imide groups is 2. The average molecular weight is 719 g/mol. The molecule has 1 atom stereocenters. The number of nitrogens with one attached hydrogen (secondary N) is 2. The van der Waals surface area contributed by atoms with E-state index in [1.165, 1.54) is 0 Å². The second kappa shape index (κ2) is 14.3. The Bertz CT molecular complexity index is 2130. The van der Waals surface area contributed by atoms with E-state index in [2.05, 4.69) is 51.9 Å². The van der Waals surface area contributed by atoms with Crippen LogP contribution in [0.2, 0.25) is 5.02 Å². The number of halogens is 1. The Kier molecular flexibility index (Phi) is 9.60. The predicted octanol–water partition coefficient (Wildman–Crippen LogP) is 7.25. The summed E-state index contributed by atoms with van der Waals surface area (Å²) in [6.45, 7) is 7.46. The molecule has 0 radical (unpaired) electrons. The molecule has 4 aromatic rings. The molecule has 2 N–H and O–H groups in total. The molecule has 2 fully saturated rings. The number of nitrogens with zero attached hydrogens (tertiary/aromatic N) is 4. The van der Waals surface area contributed by atoms with E-state index >= 15 is 0 Å². The molecule has 1 saturated heterocycles. The first-order chi connectivity index (χ1) is 25.0. The van der Waals surface area contributed by atoms with Crippen molar-refractivity contribution in [2.45, 2.75) is 65.3 Å². The van der Waals surface area contributed by atoms with Crippen LogP contribution in [0.4, 0.5) is 17.1 Å². The van der Waals surface area contributed by atoms with E-state index in [0.29, 0.717) is 22.4 Å². The van der Waals surface area contributed by atoms with E-state index in [1.54, 1.807) is 24.3 Å². The van der Waals surface area contributed by atoms with Crippen molar-refractivity contribution in [1.82, 2.24) is 15.4 Å². The summed E-state index contributed by atoms with van der Waals surface area (Å²) in [4.78, 5) is 53.7. The van der Waals surface area contributed by atoms with Crippen molar-refractivity contribution in [1.29, 1.82) is 5.26 Å². The number of hydrogen-bond acceptors (Lipinski definition) is 9. The van der Waals surface area contributed by atoms with Crippen molar-refractivity contribution < 1.29 is 23.7 Å². The molecule has 266 valence electrons. The Morgan fingerprint density at radius 3 is 2.38 bits per heavy atom. The van der Waals surface area contributed by atoms with Gasteiger partial charge in [0.25, 0.3) is 11.8 Å². The monoisotopic (exact) mass is 718 g/mol. The quantitative estimate of drug-likeness (QED) is 0.171.